The molecular formula is C20H20N4O3. The zero-order chi connectivity index (χ0) is 19.2. The van der Waals surface area contributed by atoms with Crippen LogP contribution < -0.4 is 10.2 Å². The normalized spacial score (nSPS) is 13.6. The number of nitrogens with zero attached hydrogens (tertiary/aromatic N) is 3. The van der Waals surface area contributed by atoms with Crippen LogP contribution in [0.5, 0.6) is 0 Å². The number of hydrogen-bond acceptors (Lipinski definition) is 5. The summed E-state index contributed by atoms with van der Waals surface area (Å²) in [6.07, 6.45) is 0. The van der Waals surface area contributed by atoms with Crippen molar-refractivity contribution >= 4 is 23.4 Å². The molecule has 0 aromatic heterocycles. The van der Waals surface area contributed by atoms with Crippen LogP contribution >= 0.6 is 0 Å². The first-order chi connectivity index (χ1) is 13.1. The molecule has 1 N–H and O–H groups in total. The Morgan fingerprint density at radius 1 is 1.04 bits per heavy atom. The number of benzene rings is 2. The van der Waals surface area contributed by atoms with E-state index in [-0.39, 0.29) is 6.03 Å². The number of nitrogens with one attached hydrogen (secondary N) is 1. The molecular weight excluding hydrogens is 344 g/mol. The fraction of sp³-hybridized carbons (Fsp3) is 0.250. The molecule has 7 nitrogen and oxygen atoms in total. The second-order valence-corrected chi connectivity index (χ2v) is 6.10. The van der Waals surface area contributed by atoms with Crippen LogP contribution in [0.3, 0.4) is 0 Å². The number of methoxy groups -OCH3 is 1. The average molecular weight is 364 g/mol. The Bertz CT molecular complexity index is 866. The third-order valence-electron chi connectivity index (χ3n) is 4.49. The van der Waals surface area contributed by atoms with E-state index in [1.807, 2.05) is 18.2 Å². The molecule has 1 aliphatic rings. The van der Waals surface area contributed by atoms with Crippen LogP contribution in [0.2, 0.25) is 0 Å². The number of piperazine rings is 1. The Balaban J connectivity index is 1.57. The number of carbonyl (C=O) groups is 2. The smallest absolute Gasteiger partial charge is 0.337 e. The SMILES string of the molecule is COC(=O)c1ccc(NC(=O)N2CCN(c3ccccc3C#N)CC2)cc1. The number of rotatable bonds is 3. The van der Waals surface area contributed by atoms with Crippen molar-refractivity contribution in [2.24, 2.45) is 0 Å². The summed E-state index contributed by atoms with van der Waals surface area (Å²) in [4.78, 5) is 27.8. The van der Waals surface area contributed by atoms with Crippen LogP contribution in [0.25, 0.3) is 0 Å². The zero-order valence-electron chi connectivity index (χ0n) is 15.0. The molecule has 0 saturated carbocycles. The van der Waals surface area contributed by atoms with Crippen LogP contribution in [0.1, 0.15) is 15.9 Å². The minimum absolute atomic E-state index is 0.186. The molecule has 1 heterocycles. The van der Waals surface area contributed by atoms with Gasteiger partial charge in [0.05, 0.1) is 23.9 Å². The van der Waals surface area contributed by atoms with Crippen molar-refractivity contribution in [1.29, 1.82) is 5.26 Å². The maximum Gasteiger partial charge on any atom is 0.337 e. The molecule has 0 unspecified atom stereocenters. The zero-order valence-corrected chi connectivity index (χ0v) is 15.0. The van der Waals surface area contributed by atoms with E-state index in [2.05, 4.69) is 21.0 Å². The maximum atomic E-state index is 12.5. The number of esters is 1. The number of hydrogen-bond donors (Lipinski definition) is 1. The highest BCUT2D eigenvalue weighted by Gasteiger charge is 2.22. The lowest BCUT2D eigenvalue weighted by Crippen LogP contribution is -2.50. The van der Waals surface area contributed by atoms with Gasteiger partial charge >= 0.3 is 12.0 Å². The molecule has 3 rings (SSSR count). The van der Waals surface area contributed by atoms with Crippen LogP contribution in [0.4, 0.5) is 16.2 Å². The Morgan fingerprint density at radius 2 is 1.70 bits per heavy atom. The monoisotopic (exact) mass is 364 g/mol. The van der Waals surface area contributed by atoms with E-state index in [1.165, 1.54) is 7.11 Å². The van der Waals surface area contributed by atoms with Crippen molar-refractivity contribution in [2.45, 2.75) is 0 Å². The second kappa shape index (κ2) is 8.23. The van der Waals surface area contributed by atoms with Gasteiger partial charge < -0.3 is 19.9 Å². The molecule has 0 spiro atoms. The lowest BCUT2D eigenvalue weighted by atomic mass is 10.1. The molecule has 0 aliphatic carbocycles. The number of para-hydroxylation sites is 1. The molecule has 2 aromatic carbocycles. The van der Waals surface area contributed by atoms with E-state index in [9.17, 15) is 14.9 Å². The van der Waals surface area contributed by atoms with Gasteiger partial charge in [0, 0.05) is 31.9 Å². The van der Waals surface area contributed by atoms with Crippen molar-refractivity contribution in [1.82, 2.24) is 4.90 Å². The first kappa shape index (κ1) is 18.3. The van der Waals surface area contributed by atoms with Gasteiger partial charge in [-0.15, -0.1) is 0 Å². The van der Waals surface area contributed by atoms with Gasteiger partial charge in [0.2, 0.25) is 0 Å². The molecule has 2 amide bonds. The van der Waals surface area contributed by atoms with Gasteiger partial charge in [0.1, 0.15) is 6.07 Å². The second-order valence-electron chi connectivity index (χ2n) is 6.10. The summed E-state index contributed by atoms with van der Waals surface area (Å²) in [5, 5.41) is 12.1. The molecule has 2 aromatic rings. The van der Waals surface area contributed by atoms with E-state index < -0.39 is 5.97 Å². The number of anilines is 2. The Kier molecular flexibility index (Phi) is 5.57. The number of nitriles is 1. The highest BCUT2D eigenvalue weighted by atomic mass is 16.5. The summed E-state index contributed by atoms with van der Waals surface area (Å²) < 4.78 is 4.66. The first-order valence-corrected chi connectivity index (χ1v) is 8.61. The minimum atomic E-state index is -0.415. The van der Waals surface area contributed by atoms with E-state index >= 15 is 0 Å². The highest BCUT2D eigenvalue weighted by molar-refractivity contribution is 5.92. The quantitative estimate of drug-likeness (QED) is 0.847. The molecule has 1 aliphatic heterocycles. The highest BCUT2D eigenvalue weighted by Crippen LogP contribution is 2.21. The molecule has 0 bridgehead atoms. The van der Waals surface area contributed by atoms with Crippen molar-refractivity contribution in [2.75, 3.05) is 43.5 Å². The topological polar surface area (TPSA) is 85.7 Å². The molecule has 0 atom stereocenters. The Hall–Kier alpha value is -3.53. The number of amides is 2. The average Bonchev–Trinajstić information content (AvgIpc) is 2.73. The molecule has 138 valence electrons. The van der Waals surface area contributed by atoms with Crippen molar-refractivity contribution in [3.8, 4) is 6.07 Å². The lowest BCUT2D eigenvalue weighted by molar-refractivity contribution is 0.0600. The van der Waals surface area contributed by atoms with Crippen LogP contribution in [-0.4, -0.2) is 50.2 Å². The van der Waals surface area contributed by atoms with E-state index in [4.69, 9.17) is 0 Å². The van der Waals surface area contributed by atoms with Crippen LogP contribution in [0, 0.1) is 11.3 Å². The van der Waals surface area contributed by atoms with Crippen molar-refractivity contribution in [3.63, 3.8) is 0 Å². The van der Waals surface area contributed by atoms with Gasteiger partial charge in [0.25, 0.3) is 0 Å². The van der Waals surface area contributed by atoms with Gasteiger partial charge in [0.15, 0.2) is 0 Å². The predicted molar refractivity (Wildman–Crippen MR) is 102 cm³/mol. The Labute approximate surface area is 157 Å². The minimum Gasteiger partial charge on any atom is -0.465 e. The van der Waals surface area contributed by atoms with Crippen LogP contribution in [-0.2, 0) is 4.74 Å². The van der Waals surface area contributed by atoms with Crippen LogP contribution in [0.15, 0.2) is 48.5 Å². The van der Waals surface area contributed by atoms with Gasteiger partial charge in [-0.2, -0.15) is 5.26 Å². The molecule has 1 fully saturated rings. The predicted octanol–water partition coefficient (Wildman–Crippen LogP) is 2.70. The maximum absolute atomic E-state index is 12.5. The molecule has 1 saturated heterocycles. The third-order valence-corrected chi connectivity index (χ3v) is 4.49. The standard InChI is InChI=1S/C20H20N4O3/c1-27-19(25)15-6-8-17(9-7-15)22-20(26)24-12-10-23(11-13-24)18-5-3-2-4-16(18)14-21/h2-9H,10-13H2,1H3,(H,22,26). The number of ether oxygens (including phenoxy) is 1. The number of urea groups is 1. The molecule has 7 heteroatoms. The summed E-state index contributed by atoms with van der Waals surface area (Å²) in [6, 6.07) is 16.1. The van der Waals surface area contributed by atoms with E-state index in [1.54, 1.807) is 35.2 Å². The lowest BCUT2D eigenvalue weighted by Gasteiger charge is -2.36. The van der Waals surface area contributed by atoms with Gasteiger partial charge in [-0.1, -0.05) is 12.1 Å². The Morgan fingerprint density at radius 3 is 2.33 bits per heavy atom. The summed E-state index contributed by atoms with van der Waals surface area (Å²) in [7, 11) is 1.33. The van der Waals surface area contributed by atoms with Crippen molar-refractivity contribution < 1.29 is 14.3 Å². The fourth-order valence-electron chi connectivity index (χ4n) is 3.00. The molecule has 27 heavy (non-hydrogen) atoms. The first-order valence-electron chi connectivity index (χ1n) is 8.61. The van der Waals surface area contributed by atoms with E-state index in [0.717, 1.165) is 5.69 Å². The fourth-order valence-corrected chi connectivity index (χ4v) is 3.00. The summed E-state index contributed by atoms with van der Waals surface area (Å²) in [6.45, 7) is 2.44. The number of carbonyl (C=O) groups excluding carboxylic acids is 2. The van der Waals surface area contributed by atoms with Crippen molar-refractivity contribution in [3.05, 3.63) is 59.7 Å². The van der Waals surface area contributed by atoms with E-state index in [0.29, 0.717) is 43.0 Å². The molecule has 0 radical (unpaired) electrons. The summed E-state index contributed by atoms with van der Waals surface area (Å²) >= 11 is 0. The van der Waals surface area contributed by atoms with Gasteiger partial charge in [-0.05, 0) is 36.4 Å². The van der Waals surface area contributed by atoms with Gasteiger partial charge in [-0.3, -0.25) is 0 Å². The third kappa shape index (κ3) is 4.18. The largest absolute Gasteiger partial charge is 0.465 e. The summed E-state index contributed by atoms with van der Waals surface area (Å²) in [5.74, 6) is -0.415. The summed E-state index contributed by atoms with van der Waals surface area (Å²) in [5.41, 5.74) is 2.59. The van der Waals surface area contributed by atoms with Gasteiger partial charge in [-0.25, -0.2) is 9.59 Å².